The Morgan fingerprint density at radius 3 is 2.95 bits per heavy atom. The number of hydrogen-bond acceptors (Lipinski definition) is 3. The molecule has 2 heterocycles. The lowest BCUT2D eigenvalue weighted by atomic mass is 10.2. The van der Waals surface area contributed by atoms with Crippen LogP contribution in [0, 0.1) is 0 Å². The summed E-state index contributed by atoms with van der Waals surface area (Å²) in [6.07, 6.45) is 4.80. The van der Waals surface area contributed by atoms with E-state index in [0.29, 0.717) is 16.6 Å². The van der Waals surface area contributed by atoms with Crippen molar-refractivity contribution in [3.63, 3.8) is 0 Å². The first-order valence-corrected chi connectivity index (χ1v) is 6.37. The van der Waals surface area contributed by atoms with E-state index in [1.807, 2.05) is 0 Å². The van der Waals surface area contributed by atoms with Crippen molar-refractivity contribution in [3.05, 3.63) is 50.9 Å². The Kier molecular flexibility index (Phi) is 3.84. The molecular formula is C12H13BrN4O2. The number of nitrogens with zero attached hydrogens (tertiary/aromatic N) is 3. The van der Waals surface area contributed by atoms with E-state index in [0.717, 1.165) is 5.69 Å². The van der Waals surface area contributed by atoms with Gasteiger partial charge in [-0.1, -0.05) is 0 Å². The van der Waals surface area contributed by atoms with Crippen LogP contribution in [0.25, 0.3) is 0 Å². The van der Waals surface area contributed by atoms with Crippen molar-refractivity contribution >= 4 is 21.8 Å². The van der Waals surface area contributed by atoms with Crippen molar-refractivity contribution < 1.29 is 4.79 Å². The van der Waals surface area contributed by atoms with Gasteiger partial charge in [-0.25, -0.2) is 4.98 Å². The van der Waals surface area contributed by atoms with Gasteiger partial charge >= 0.3 is 0 Å². The second kappa shape index (κ2) is 5.40. The molecule has 0 aromatic carbocycles. The van der Waals surface area contributed by atoms with Gasteiger partial charge in [-0.05, 0) is 15.9 Å². The number of aromatic nitrogens is 3. The molecule has 6 nitrogen and oxygen atoms in total. The van der Waals surface area contributed by atoms with E-state index in [2.05, 4.69) is 25.9 Å². The molecule has 0 unspecified atom stereocenters. The number of H-pyrrole nitrogens is 1. The summed E-state index contributed by atoms with van der Waals surface area (Å²) in [5.41, 5.74) is 0.961. The van der Waals surface area contributed by atoms with Crippen LogP contribution in [0.1, 0.15) is 16.1 Å². The van der Waals surface area contributed by atoms with Gasteiger partial charge in [-0.2, -0.15) is 0 Å². The summed E-state index contributed by atoms with van der Waals surface area (Å²) >= 11 is 3.30. The highest BCUT2D eigenvalue weighted by Crippen LogP contribution is 2.16. The second-order valence-electron chi connectivity index (χ2n) is 4.22. The molecule has 0 aliphatic carbocycles. The van der Waals surface area contributed by atoms with Crippen LogP contribution in [-0.4, -0.2) is 32.4 Å². The molecule has 0 aliphatic heterocycles. The summed E-state index contributed by atoms with van der Waals surface area (Å²) in [6, 6.07) is 1.33. The minimum absolute atomic E-state index is 0.221. The summed E-state index contributed by atoms with van der Waals surface area (Å²) < 4.78 is 2.01. The third kappa shape index (κ3) is 2.93. The Bertz CT molecular complexity index is 648. The number of carbonyl (C=O) groups is 1. The number of halogens is 1. The molecule has 2 rings (SSSR count). The predicted molar refractivity (Wildman–Crippen MR) is 73.8 cm³/mol. The Hall–Kier alpha value is -1.89. The molecule has 0 spiro atoms. The van der Waals surface area contributed by atoms with Crippen LogP contribution in [0.3, 0.4) is 0 Å². The molecule has 0 saturated heterocycles. The summed E-state index contributed by atoms with van der Waals surface area (Å²) in [5, 5.41) is 0. The molecule has 7 heteroatoms. The number of rotatable bonds is 3. The van der Waals surface area contributed by atoms with E-state index in [9.17, 15) is 9.59 Å². The Labute approximate surface area is 118 Å². The highest BCUT2D eigenvalue weighted by Gasteiger charge is 2.16. The number of aryl methyl sites for hydroxylation is 1. The molecule has 0 atom stereocenters. The van der Waals surface area contributed by atoms with Crippen LogP contribution < -0.4 is 5.56 Å². The van der Waals surface area contributed by atoms with E-state index < -0.39 is 0 Å². The average Bonchev–Trinajstić information content (AvgIpc) is 2.85. The van der Waals surface area contributed by atoms with Gasteiger partial charge in [0, 0.05) is 37.0 Å². The van der Waals surface area contributed by atoms with Crippen molar-refractivity contribution in [2.75, 3.05) is 7.05 Å². The first-order chi connectivity index (χ1) is 8.99. The van der Waals surface area contributed by atoms with E-state index in [4.69, 9.17) is 0 Å². The van der Waals surface area contributed by atoms with E-state index >= 15 is 0 Å². The molecule has 100 valence electrons. The van der Waals surface area contributed by atoms with Crippen molar-refractivity contribution in [1.29, 1.82) is 0 Å². The standard InChI is InChI=1S/C12H13BrN4O2/c1-16-6-10(13)9(3-11(16)18)12(19)17(2)5-8-4-14-7-15-8/h3-4,6-7H,5H2,1-2H3,(H,14,15). The lowest BCUT2D eigenvalue weighted by Gasteiger charge is -2.17. The van der Waals surface area contributed by atoms with Crippen molar-refractivity contribution in [2.24, 2.45) is 7.05 Å². The maximum Gasteiger partial charge on any atom is 0.255 e. The third-order valence-corrected chi connectivity index (χ3v) is 3.35. The highest BCUT2D eigenvalue weighted by molar-refractivity contribution is 9.10. The number of pyridine rings is 1. The van der Waals surface area contributed by atoms with Crippen LogP contribution in [0.15, 0.2) is 34.1 Å². The molecule has 0 bridgehead atoms. The molecule has 0 radical (unpaired) electrons. The van der Waals surface area contributed by atoms with Gasteiger partial charge in [0.1, 0.15) is 0 Å². The Morgan fingerprint density at radius 1 is 1.58 bits per heavy atom. The van der Waals surface area contributed by atoms with Gasteiger partial charge in [0.25, 0.3) is 11.5 Å². The fraction of sp³-hybridized carbons (Fsp3) is 0.250. The van der Waals surface area contributed by atoms with E-state index in [-0.39, 0.29) is 11.5 Å². The van der Waals surface area contributed by atoms with Gasteiger partial charge in [-0.3, -0.25) is 9.59 Å². The molecule has 0 aliphatic rings. The van der Waals surface area contributed by atoms with Crippen molar-refractivity contribution in [3.8, 4) is 0 Å². The molecular weight excluding hydrogens is 312 g/mol. The lowest BCUT2D eigenvalue weighted by Crippen LogP contribution is -2.29. The van der Waals surface area contributed by atoms with Crippen molar-refractivity contribution in [1.82, 2.24) is 19.4 Å². The Balaban J connectivity index is 2.24. The van der Waals surface area contributed by atoms with E-state index in [1.54, 1.807) is 32.8 Å². The smallest absolute Gasteiger partial charge is 0.255 e. The largest absolute Gasteiger partial charge is 0.347 e. The average molecular weight is 325 g/mol. The van der Waals surface area contributed by atoms with Gasteiger partial charge in [0.15, 0.2) is 0 Å². The first kappa shape index (κ1) is 13.5. The number of aromatic amines is 1. The molecule has 19 heavy (non-hydrogen) atoms. The van der Waals surface area contributed by atoms with Crippen molar-refractivity contribution in [2.45, 2.75) is 6.54 Å². The molecule has 1 N–H and O–H groups in total. The predicted octanol–water partition coefficient (Wildman–Crippen LogP) is 1.14. The number of carbonyl (C=O) groups excluding carboxylic acids is 1. The maximum absolute atomic E-state index is 12.3. The van der Waals surface area contributed by atoms with Gasteiger partial charge in [-0.15, -0.1) is 0 Å². The van der Waals surface area contributed by atoms with E-state index in [1.165, 1.54) is 15.5 Å². The molecule has 2 aromatic rings. The topological polar surface area (TPSA) is 71.0 Å². The zero-order valence-corrected chi connectivity index (χ0v) is 12.1. The fourth-order valence-corrected chi connectivity index (χ4v) is 2.26. The van der Waals surface area contributed by atoms with Gasteiger partial charge < -0.3 is 14.5 Å². The minimum Gasteiger partial charge on any atom is -0.347 e. The zero-order chi connectivity index (χ0) is 14.0. The van der Waals surface area contributed by atoms with Gasteiger partial charge in [0.05, 0.1) is 24.1 Å². The van der Waals surface area contributed by atoms with Crippen LogP contribution in [-0.2, 0) is 13.6 Å². The molecule has 1 amide bonds. The third-order valence-electron chi connectivity index (χ3n) is 2.72. The Morgan fingerprint density at radius 2 is 2.32 bits per heavy atom. The van der Waals surface area contributed by atoms with Crippen LogP contribution >= 0.6 is 15.9 Å². The van der Waals surface area contributed by atoms with Crippen LogP contribution in [0.4, 0.5) is 0 Å². The zero-order valence-electron chi connectivity index (χ0n) is 10.6. The molecule has 0 fully saturated rings. The molecule has 0 saturated carbocycles. The SMILES string of the molecule is CN(Cc1cnc[nH]1)C(=O)c1cc(=O)n(C)cc1Br. The van der Waals surface area contributed by atoms with Gasteiger partial charge in [0.2, 0.25) is 0 Å². The number of nitrogens with one attached hydrogen (secondary N) is 1. The lowest BCUT2D eigenvalue weighted by molar-refractivity contribution is 0.0782. The number of hydrogen-bond donors (Lipinski definition) is 1. The molecule has 2 aromatic heterocycles. The monoisotopic (exact) mass is 324 g/mol. The first-order valence-electron chi connectivity index (χ1n) is 5.58. The maximum atomic E-state index is 12.3. The minimum atomic E-state index is -0.223. The normalized spacial score (nSPS) is 10.5. The van der Waals surface area contributed by atoms with Crippen LogP contribution in [0.5, 0.6) is 0 Å². The fourth-order valence-electron chi connectivity index (χ4n) is 1.67. The second-order valence-corrected chi connectivity index (χ2v) is 5.08. The highest BCUT2D eigenvalue weighted by atomic mass is 79.9. The quantitative estimate of drug-likeness (QED) is 0.920. The van der Waals surface area contributed by atoms with Crippen LogP contribution in [0.2, 0.25) is 0 Å². The summed E-state index contributed by atoms with van der Waals surface area (Å²) in [5.74, 6) is -0.223. The summed E-state index contributed by atoms with van der Waals surface area (Å²) in [6.45, 7) is 0.403. The summed E-state index contributed by atoms with van der Waals surface area (Å²) in [7, 11) is 3.31. The number of imidazole rings is 1. The summed E-state index contributed by atoms with van der Waals surface area (Å²) in [4.78, 5) is 32.2. The number of amides is 1.